The van der Waals surface area contributed by atoms with Gasteiger partial charge in [0.25, 0.3) is 0 Å². The highest BCUT2D eigenvalue weighted by molar-refractivity contribution is 5.79. The number of amides is 1. The van der Waals surface area contributed by atoms with Crippen molar-refractivity contribution in [3.05, 3.63) is 29.3 Å². The van der Waals surface area contributed by atoms with Crippen LogP contribution < -0.4 is 10.1 Å². The maximum Gasteiger partial charge on any atom is 0.227 e. The van der Waals surface area contributed by atoms with Crippen LogP contribution in [0.2, 0.25) is 0 Å². The zero-order valence-corrected chi connectivity index (χ0v) is 16.7. The number of fused-ring (bicyclic) bond motifs is 1. The number of benzene rings is 1. The van der Waals surface area contributed by atoms with Crippen molar-refractivity contribution in [1.82, 2.24) is 15.1 Å². The summed E-state index contributed by atoms with van der Waals surface area (Å²) in [6, 6.07) is 7.04. The third-order valence-electron chi connectivity index (χ3n) is 6.55. The molecule has 2 saturated heterocycles. The maximum absolute atomic E-state index is 12.9. The minimum atomic E-state index is 0.0910. The number of nitrogens with one attached hydrogen (secondary N) is 1. The van der Waals surface area contributed by atoms with Gasteiger partial charge in [0.2, 0.25) is 5.91 Å². The van der Waals surface area contributed by atoms with Crippen LogP contribution in [-0.4, -0.2) is 68.6 Å². The summed E-state index contributed by atoms with van der Waals surface area (Å²) in [6.07, 6.45) is 5.67. The topological polar surface area (TPSA) is 44.8 Å². The number of ether oxygens (including phenoxy) is 1. The molecule has 5 nitrogen and oxygen atoms in total. The summed E-state index contributed by atoms with van der Waals surface area (Å²) >= 11 is 0. The molecule has 2 fully saturated rings. The Morgan fingerprint density at radius 2 is 2.11 bits per heavy atom. The van der Waals surface area contributed by atoms with Gasteiger partial charge in [0.1, 0.15) is 5.75 Å². The van der Waals surface area contributed by atoms with E-state index in [0.717, 1.165) is 44.8 Å². The first-order valence-corrected chi connectivity index (χ1v) is 10.5. The van der Waals surface area contributed by atoms with Crippen molar-refractivity contribution in [2.45, 2.75) is 38.1 Å². The lowest BCUT2D eigenvalue weighted by molar-refractivity contribution is -0.135. The lowest BCUT2D eigenvalue weighted by atomic mass is 9.90. The number of nitrogens with zero attached hydrogens (tertiary/aromatic N) is 2. The first kappa shape index (κ1) is 18.8. The molecule has 1 amide bonds. The number of carbonyl (C=O) groups excluding carboxylic acids is 1. The van der Waals surface area contributed by atoms with Gasteiger partial charge in [0.15, 0.2) is 0 Å². The summed E-state index contributed by atoms with van der Waals surface area (Å²) in [5.74, 6) is 1.80. The van der Waals surface area contributed by atoms with Crippen LogP contribution in [0.3, 0.4) is 0 Å². The minimum Gasteiger partial charge on any atom is -0.493 e. The van der Waals surface area contributed by atoms with Gasteiger partial charge < -0.3 is 19.9 Å². The molecule has 5 heteroatoms. The average Bonchev–Trinajstić information content (AvgIpc) is 3.35. The molecular weight excluding hydrogens is 338 g/mol. The van der Waals surface area contributed by atoms with Crippen molar-refractivity contribution in [3.8, 4) is 5.75 Å². The van der Waals surface area contributed by atoms with E-state index in [1.807, 2.05) is 0 Å². The Morgan fingerprint density at radius 1 is 1.26 bits per heavy atom. The molecule has 1 unspecified atom stereocenters. The second-order valence-electron chi connectivity index (χ2n) is 8.74. The Labute approximate surface area is 163 Å². The number of hydrogen-bond donors (Lipinski definition) is 1. The molecule has 4 rings (SSSR count). The van der Waals surface area contributed by atoms with Crippen molar-refractivity contribution < 1.29 is 9.53 Å². The molecule has 1 aromatic carbocycles. The fraction of sp³-hybridized carbons (Fsp3) is 0.682. The molecule has 1 aromatic rings. The Bertz CT molecular complexity index is 676. The SMILES string of the molecule is CN(C)C1CCN(C(=O)[C@H]2CNC[C@@H](COc3ccc4c(c3)CCC4)C2)C1. The molecule has 0 bridgehead atoms. The number of hydrogen-bond acceptors (Lipinski definition) is 4. The number of aryl methyl sites for hydroxylation is 2. The smallest absolute Gasteiger partial charge is 0.227 e. The van der Waals surface area contributed by atoms with E-state index >= 15 is 0 Å². The predicted molar refractivity (Wildman–Crippen MR) is 107 cm³/mol. The second-order valence-corrected chi connectivity index (χ2v) is 8.74. The van der Waals surface area contributed by atoms with Crippen LogP contribution in [0.15, 0.2) is 18.2 Å². The fourth-order valence-corrected chi connectivity index (χ4v) is 4.82. The number of likely N-dealkylation sites (N-methyl/N-ethyl adjacent to an activating group) is 1. The normalized spacial score (nSPS) is 27.8. The largest absolute Gasteiger partial charge is 0.493 e. The molecular formula is C22H33N3O2. The van der Waals surface area contributed by atoms with E-state index in [2.05, 4.69) is 47.4 Å². The van der Waals surface area contributed by atoms with E-state index in [1.54, 1.807) is 0 Å². The lowest BCUT2D eigenvalue weighted by Gasteiger charge is -2.32. The highest BCUT2D eigenvalue weighted by atomic mass is 16.5. The fourth-order valence-electron chi connectivity index (χ4n) is 4.82. The first-order valence-electron chi connectivity index (χ1n) is 10.5. The summed E-state index contributed by atoms with van der Waals surface area (Å²) in [5, 5.41) is 3.46. The highest BCUT2D eigenvalue weighted by Gasteiger charge is 2.34. The molecule has 1 aliphatic carbocycles. The van der Waals surface area contributed by atoms with Crippen LogP contribution in [0, 0.1) is 11.8 Å². The lowest BCUT2D eigenvalue weighted by Crippen LogP contribution is -2.46. The van der Waals surface area contributed by atoms with Crippen molar-refractivity contribution in [2.75, 3.05) is 46.9 Å². The molecule has 0 aromatic heterocycles. The number of rotatable bonds is 5. The van der Waals surface area contributed by atoms with Crippen LogP contribution in [0.1, 0.15) is 30.4 Å². The van der Waals surface area contributed by atoms with E-state index in [1.165, 1.54) is 30.4 Å². The number of likely N-dealkylation sites (tertiary alicyclic amines) is 1. The third kappa shape index (κ3) is 4.30. The van der Waals surface area contributed by atoms with E-state index < -0.39 is 0 Å². The van der Waals surface area contributed by atoms with E-state index in [-0.39, 0.29) is 5.92 Å². The zero-order chi connectivity index (χ0) is 18.8. The summed E-state index contributed by atoms with van der Waals surface area (Å²) in [6.45, 7) is 4.20. The Morgan fingerprint density at radius 3 is 2.93 bits per heavy atom. The predicted octanol–water partition coefficient (Wildman–Crippen LogP) is 1.94. The van der Waals surface area contributed by atoms with Gasteiger partial charge in [-0.3, -0.25) is 4.79 Å². The van der Waals surface area contributed by atoms with Gasteiger partial charge in [0, 0.05) is 38.1 Å². The molecule has 2 heterocycles. The van der Waals surface area contributed by atoms with Gasteiger partial charge in [-0.1, -0.05) is 6.07 Å². The maximum atomic E-state index is 12.9. The van der Waals surface area contributed by atoms with Crippen LogP contribution in [0.4, 0.5) is 0 Å². The average molecular weight is 372 g/mol. The summed E-state index contributed by atoms with van der Waals surface area (Å²) < 4.78 is 6.10. The van der Waals surface area contributed by atoms with E-state index in [4.69, 9.17) is 4.74 Å². The number of piperidine rings is 1. The van der Waals surface area contributed by atoms with Crippen LogP contribution in [0.25, 0.3) is 0 Å². The molecule has 0 spiro atoms. The molecule has 0 radical (unpaired) electrons. The number of carbonyl (C=O) groups is 1. The van der Waals surface area contributed by atoms with Crippen molar-refractivity contribution >= 4 is 5.91 Å². The van der Waals surface area contributed by atoms with Crippen molar-refractivity contribution in [1.29, 1.82) is 0 Å². The minimum absolute atomic E-state index is 0.0910. The molecule has 3 aliphatic rings. The molecule has 1 N–H and O–H groups in total. The molecule has 3 atom stereocenters. The Hall–Kier alpha value is -1.59. The Balaban J connectivity index is 1.28. The summed E-state index contributed by atoms with van der Waals surface area (Å²) in [5.41, 5.74) is 2.93. The molecule has 2 aliphatic heterocycles. The second kappa shape index (κ2) is 8.19. The first-order chi connectivity index (χ1) is 13.1. The quantitative estimate of drug-likeness (QED) is 0.859. The Kier molecular flexibility index (Phi) is 5.69. The monoisotopic (exact) mass is 371 g/mol. The standard InChI is InChI=1S/C22H33N3O2/c1-24(2)20-8-9-25(14-20)22(26)19-10-16(12-23-13-19)15-27-21-7-6-17-4-3-5-18(17)11-21/h6-7,11,16,19-20,23H,3-5,8-10,12-15H2,1-2H3/t16-,19+,20?/m0/s1. The summed E-state index contributed by atoms with van der Waals surface area (Å²) in [7, 11) is 4.21. The molecule has 0 saturated carbocycles. The molecule has 148 valence electrons. The van der Waals surface area contributed by atoms with Gasteiger partial charge in [-0.2, -0.15) is 0 Å². The van der Waals surface area contributed by atoms with Gasteiger partial charge in [-0.05, 0) is 69.5 Å². The molecule has 27 heavy (non-hydrogen) atoms. The van der Waals surface area contributed by atoms with Gasteiger partial charge in [-0.25, -0.2) is 0 Å². The van der Waals surface area contributed by atoms with Crippen LogP contribution >= 0.6 is 0 Å². The van der Waals surface area contributed by atoms with Gasteiger partial charge in [0.05, 0.1) is 12.5 Å². The van der Waals surface area contributed by atoms with Crippen molar-refractivity contribution in [2.24, 2.45) is 11.8 Å². The van der Waals surface area contributed by atoms with Crippen molar-refractivity contribution in [3.63, 3.8) is 0 Å². The van der Waals surface area contributed by atoms with E-state index in [0.29, 0.717) is 24.5 Å². The van der Waals surface area contributed by atoms with E-state index in [9.17, 15) is 4.79 Å². The highest BCUT2D eigenvalue weighted by Crippen LogP contribution is 2.27. The van der Waals surface area contributed by atoms with Gasteiger partial charge in [-0.15, -0.1) is 0 Å². The van der Waals surface area contributed by atoms with Crippen LogP contribution in [0.5, 0.6) is 5.75 Å². The third-order valence-corrected chi connectivity index (χ3v) is 6.55. The van der Waals surface area contributed by atoms with Crippen LogP contribution in [-0.2, 0) is 17.6 Å². The summed E-state index contributed by atoms with van der Waals surface area (Å²) in [4.78, 5) is 17.2. The van der Waals surface area contributed by atoms with Gasteiger partial charge >= 0.3 is 0 Å². The zero-order valence-electron chi connectivity index (χ0n) is 16.7.